The lowest BCUT2D eigenvalue weighted by atomic mass is 9.84. The van der Waals surface area contributed by atoms with Gasteiger partial charge >= 0.3 is 0 Å². The summed E-state index contributed by atoms with van der Waals surface area (Å²) in [4.78, 5) is 2.72. The Morgan fingerprint density at radius 3 is 2.47 bits per heavy atom. The van der Waals surface area contributed by atoms with Gasteiger partial charge in [-0.3, -0.25) is 4.90 Å². The van der Waals surface area contributed by atoms with Gasteiger partial charge in [-0.25, -0.2) is 0 Å². The van der Waals surface area contributed by atoms with E-state index in [4.69, 9.17) is 0 Å². The summed E-state index contributed by atoms with van der Waals surface area (Å²) in [6.45, 7) is 10.5. The van der Waals surface area contributed by atoms with Crippen LogP contribution in [0.4, 0.5) is 0 Å². The Balaban J connectivity index is 1.88. The van der Waals surface area contributed by atoms with Gasteiger partial charge < -0.3 is 5.32 Å². The molecule has 1 aromatic carbocycles. The minimum Gasteiger partial charge on any atom is -0.308 e. The first-order valence-corrected chi connectivity index (χ1v) is 7.55. The summed E-state index contributed by atoms with van der Waals surface area (Å²) in [7, 11) is 0. The molecule has 3 rings (SSSR count). The van der Waals surface area contributed by atoms with E-state index >= 15 is 0 Å². The van der Waals surface area contributed by atoms with Crippen LogP contribution in [0.25, 0.3) is 0 Å². The van der Waals surface area contributed by atoms with Crippen molar-refractivity contribution in [2.45, 2.75) is 44.7 Å². The number of benzene rings is 1. The van der Waals surface area contributed by atoms with E-state index in [1.54, 1.807) is 0 Å². The maximum atomic E-state index is 3.73. The molecule has 1 N–H and O–H groups in total. The van der Waals surface area contributed by atoms with Gasteiger partial charge in [-0.15, -0.1) is 0 Å². The van der Waals surface area contributed by atoms with Crippen LogP contribution in [0.15, 0.2) is 30.3 Å². The number of rotatable bonds is 3. The zero-order valence-corrected chi connectivity index (χ0v) is 12.4. The second-order valence-corrected chi connectivity index (χ2v) is 7.20. The number of hydrogen-bond donors (Lipinski definition) is 1. The predicted molar refractivity (Wildman–Crippen MR) is 80.2 cm³/mol. The maximum absolute atomic E-state index is 3.73. The molecule has 0 aromatic heterocycles. The van der Waals surface area contributed by atoms with E-state index in [0.29, 0.717) is 0 Å². The van der Waals surface area contributed by atoms with E-state index in [1.165, 1.54) is 24.9 Å². The van der Waals surface area contributed by atoms with Crippen molar-refractivity contribution in [2.24, 2.45) is 5.92 Å². The van der Waals surface area contributed by atoms with E-state index in [9.17, 15) is 0 Å². The first-order chi connectivity index (χ1) is 9.00. The molecule has 2 heteroatoms. The lowest BCUT2D eigenvalue weighted by Crippen LogP contribution is -2.65. The van der Waals surface area contributed by atoms with Crippen LogP contribution in [-0.2, 0) is 5.54 Å². The molecule has 1 aliphatic carbocycles. The molecule has 1 aromatic rings. The predicted octanol–water partition coefficient (Wildman–Crippen LogP) is 3.00. The molecule has 19 heavy (non-hydrogen) atoms. The molecular weight excluding hydrogens is 232 g/mol. The fraction of sp³-hybridized carbons (Fsp3) is 0.647. The van der Waals surface area contributed by atoms with Crippen molar-refractivity contribution in [1.82, 2.24) is 10.2 Å². The van der Waals surface area contributed by atoms with E-state index in [2.05, 4.69) is 61.3 Å². The summed E-state index contributed by atoms with van der Waals surface area (Å²) < 4.78 is 0. The molecule has 2 nitrogen and oxygen atoms in total. The van der Waals surface area contributed by atoms with Crippen molar-refractivity contribution in [3.05, 3.63) is 35.9 Å². The SMILES string of the molecule is CC1(C)CN(CC2CC2)C(C)(c2ccccc2)CN1. The van der Waals surface area contributed by atoms with Gasteiger partial charge in [0, 0.05) is 25.2 Å². The quantitative estimate of drug-likeness (QED) is 0.896. The summed E-state index contributed by atoms with van der Waals surface area (Å²) in [5, 5.41) is 3.73. The topological polar surface area (TPSA) is 15.3 Å². The summed E-state index contributed by atoms with van der Waals surface area (Å²) in [6, 6.07) is 11.0. The average molecular weight is 258 g/mol. The molecular formula is C17H26N2. The van der Waals surface area contributed by atoms with Gasteiger partial charge in [0.15, 0.2) is 0 Å². The Labute approximate surface area is 117 Å². The standard InChI is InChI=1S/C17H26N2/c1-16(2)13-19(11-14-9-10-14)17(3,12-18-16)15-7-5-4-6-8-15/h4-8,14,18H,9-13H2,1-3H3. The van der Waals surface area contributed by atoms with Gasteiger partial charge in [-0.1, -0.05) is 30.3 Å². The van der Waals surface area contributed by atoms with Crippen molar-refractivity contribution in [3.8, 4) is 0 Å². The van der Waals surface area contributed by atoms with E-state index in [-0.39, 0.29) is 11.1 Å². The minimum atomic E-state index is 0.138. The molecule has 1 unspecified atom stereocenters. The van der Waals surface area contributed by atoms with Crippen LogP contribution < -0.4 is 5.32 Å². The third kappa shape index (κ3) is 2.70. The van der Waals surface area contributed by atoms with Crippen LogP contribution in [-0.4, -0.2) is 30.1 Å². The van der Waals surface area contributed by atoms with Crippen LogP contribution in [0.5, 0.6) is 0 Å². The van der Waals surface area contributed by atoms with Crippen molar-refractivity contribution in [3.63, 3.8) is 0 Å². The maximum Gasteiger partial charge on any atom is 0.0558 e. The summed E-state index contributed by atoms with van der Waals surface area (Å²) in [5.74, 6) is 0.942. The minimum absolute atomic E-state index is 0.138. The number of piperazine rings is 1. The van der Waals surface area contributed by atoms with Gasteiger partial charge in [-0.05, 0) is 45.1 Å². The normalized spacial score (nSPS) is 31.3. The van der Waals surface area contributed by atoms with Gasteiger partial charge in [0.05, 0.1) is 5.54 Å². The number of nitrogens with one attached hydrogen (secondary N) is 1. The Morgan fingerprint density at radius 2 is 1.84 bits per heavy atom. The van der Waals surface area contributed by atoms with Crippen LogP contribution >= 0.6 is 0 Å². The molecule has 1 aliphatic heterocycles. The summed E-state index contributed by atoms with van der Waals surface area (Å²) in [5.41, 5.74) is 1.81. The van der Waals surface area contributed by atoms with E-state index in [0.717, 1.165) is 19.0 Å². The summed E-state index contributed by atoms with van der Waals surface area (Å²) >= 11 is 0. The molecule has 2 fully saturated rings. The fourth-order valence-electron chi connectivity index (χ4n) is 3.19. The smallest absolute Gasteiger partial charge is 0.0558 e. The van der Waals surface area contributed by atoms with Crippen molar-refractivity contribution < 1.29 is 0 Å². The van der Waals surface area contributed by atoms with E-state index in [1.807, 2.05) is 0 Å². The molecule has 104 valence electrons. The zero-order valence-electron chi connectivity index (χ0n) is 12.4. The highest BCUT2D eigenvalue weighted by Crippen LogP contribution is 2.38. The van der Waals surface area contributed by atoms with Crippen molar-refractivity contribution >= 4 is 0 Å². The lowest BCUT2D eigenvalue weighted by molar-refractivity contribution is 0.0204. The zero-order chi connectivity index (χ0) is 13.5. The fourth-order valence-corrected chi connectivity index (χ4v) is 3.19. The third-order valence-electron chi connectivity index (χ3n) is 4.77. The highest BCUT2D eigenvalue weighted by atomic mass is 15.3. The second kappa shape index (κ2) is 4.60. The Kier molecular flexibility index (Phi) is 3.18. The largest absolute Gasteiger partial charge is 0.308 e. The van der Waals surface area contributed by atoms with E-state index < -0.39 is 0 Å². The second-order valence-electron chi connectivity index (χ2n) is 7.20. The summed E-state index contributed by atoms with van der Waals surface area (Å²) in [6.07, 6.45) is 2.85. The monoisotopic (exact) mass is 258 g/mol. The van der Waals surface area contributed by atoms with Gasteiger partial charge in [0.25, 0.3) is 0 Å². The lowest BCUT2D eigenvalue weighted by Gasteiger charge is -2.51. The highest BCUT2D eigenvalue weighted by Gasteiger charge is 2.43. The molecule has 1 atom stereocenters. The van der Waals surface area contributed by atoms with Gasteiger partial charge in [0.1, 0.15) is 0 Å². The van der Waals surface area contributed by atoms with Crippen LogP contribution in [0.2, 0.25) is 0 Å². The van der Waals surface area contributed by atoms with Gasteiger partial charge in [0.2, 0.25) is 0 Å². The molecule has 0 spiro atoms. The Hall–Kier alpha value is -0.860. The molecule has 0 radical (unpaired) electrons. The average Bonchev–Trinajstić information content (AvgIpc) is 3.19. The van der Waals surface area contributed by atoms with Crippen LogP contribution in [0, 0.1) is 5.92 Å². The number of hydrogen-bond acceptors (Lipinski definition) is 2. The first kappa shape index (κ1) is 13.1. The van der Waals surface area contributed by atoms with Crippen LogP contribution in [0.3, 0.4) is 0 Å². The third-order valence-corrected chi connectivity index (χ3v) is 4.77. The molecule has 1 saturated carbocycles. The Morgan fingerprint density at radius 1 is 1.16 bits per heavy atom. The van der Waals surface area contributed by atoms with Crippen molar-refractivity contribution in [2.75, 3.05) is 19.6 Å². The number of nitrogens with zero attached hydrogens (tertiary/aromatic N) is 1. The van der Waals surface area contributed by atoms with Crippen LogP contribution in [0.1, 0.15) is 39.2 Å². The molecule has 1 saturated heterocycles. The molecule has 0 bridgehead atoms. The first-order valence-electron chi connectivity index (χ1n) is 7.55. The van der Waals surface area contributed by atoms with Crippen molar-refractivity contribution in [1.29, 1.82) is 0 Å². The highest BCUT2D eigenvalue weighted by molar-refractivity contribution is 5.26. The molecule has 2 aliphatic rings. The van der Waals surface area contributed by atoms with Gasteiger partial charge in [-0.2, -0.15) is 0 Å². The molecule has 0 amide bonds. The molecule has 1 heterocycles. The Bertz CT molecular complexity index is 436.